The van der Waals surface area contributed by atoms with Crippen molar-refractivity contribution in [3.63, 3.8) is 0 Å². The predicted octanol–water partition coefficient (Wildman–Crippen LogP) is 2.22. The van der Waals surface area contributed by atoms with Gasteiger partial charge in [-0.05, 0) is 50.5 Å². The average Bonchev–Trinajstić information content (AvgIpc) is 2.96. The molecule has 0 saturated heterocycles. The monoisotopic (exact) mass is 596 g/mol. The van der Waals surface area contributed by atoms with E-state index in [1.54, 1.807) is 18.2 Å². The number of rotatable bonds is 13. The van der Waals surface area contributed by atoms with E-state index in [4.69, 9.17) is 0 Å². The van der Waals surface area contributed by atoms with Gasteiger partial charge in [0.2, 0.25) is 23.6 Å². The minimum atomic E-state index is -1.32. The highest BCUT2D eigenvalue weighted by Gasteiger charge is 2.31. The Morgan fingerprint density at radius 2 is 1.81 bits per heavy atom. The number of hydrogen-bond acceptors (Lipinski definition) is 6. The third-order valence-electron chi connectivity index (χ3n) is 7.14. The summed E-state index contributed by atoms with van der Waals surface area (Å²) >= 11 is 0. The highest BCUT2D eigenvalue weighted by Crippen LogP contribution is 2.10. The molecule has 1 aromatic carbocycles. The van der Waals surface area contributed by atoms with Crippen LogP contribution >= 0.6 is 0 Å². The van der Waals surface area contributed by atoms with Gasteiger partial charge in [0.05, 0.1) is 12.2 Å². The molecule has 1 aromatic rings. The Labute approximate surface area is 255 Å². The molecule has 0 unspecified atom stereocenters. The van der Waals surface area contributed by atoms with Crippen LogP contribution in [0, 0.1) is 5.92 Å². The summed E-state index contributed by atoms with van der Waals surface area (Å²) in [6, 6.07) is 7.43. The molecule has 0 saturated carbocycles. The zero-order valence-electron chi connectivity index (χ0n) is 25.5. The zero-order chi connectivity index (χ0) is 31.6. The van der Waals surface area contributed by atoms with Crippen molar-refractivity contribution in [2.24, 2.45) is 5.92 Å². The summed E-state index contributed by atoms with van der Waals surface area (Å²) in [5, 5.41) is 31.3. The molecule has 6 N–H and O–H groups in total. The van der Waals surface area contributed by atoms with Crippen molar-refractivity contribution in [3.05, 3.63) is 72.4 Å². The number of hydrogen-bond donors (Lipinski definition) is 6. The number of unbranched alkanes of at least 4 members (excludes halogenated alkanes) is 3. The lowest BCUT2D eigenvalue weighted by Gasteiger charge is -2.28. The van der Waals surface area contributed by atoms with Crippen LogP contribution < -0.4 is 21.3 Å². The summed E-state index contributed by atoms with van der Waals surface area (Å²) in [6.45, 7) is 5.30. The first-order valence-electron chi connectivity index (χ1n) is 15.2. The summed E-state index contributed by atoms with van der Waals surface area (Å²) < 4.78 is 0. The van der Waals surface area contributed by atoms with Crippen molar-refractivity contribution in [3.8, 4) is 0 Å². The Morgan fingerprint density at radius 1 is 1.07 bits per heavy atom. The van der Waals surface area contributed by atoms with E-state index < -0.39 is 48.1 Å². The molecule has 2 rings (SSSR count). The van der Waals surface area contributed by atoms with Gasteiger partial charge in [0.1, 0.15) is 12.1 Å². The van der Waals surface area contributed by atoms with E-state index >= 15 is 0 Å². The average molecular weight is 597 g/mol. The fraction of sp³-hybridized carbons (Fsp3) is 0.515. The molecule has 0 radical (unpaired) electrons. The number of nitrogens with one attached hydrogen (secondary N) is 4. The molecule has 236 valence electrons. The van der Waals surface area contributed by atoms with Gasteiger partial charge in [-0.3, -0.25) is 19.2 Å². The van der Waals surface area contributed by atoms with Gasteiger partial charge in [0.15, 0.2) is 0 Å². The number of allylic oxidation sites excluding steroid dienone is 3. The van der Waals surface area contributed by atoms with Crippen molar-refractivity contribution in [1.29, 1.82) is 0 Å². The SMILES string of the molecule is CC(C)[C@H]1/C=C/C(=O)NCC[C@H](O)C[C@H](NC(=O)[C@@H](NC(=O)/C=C/C=C/CCCCCc2ccccc2)[C@@H](C)O)C(=O)N1. The molecule has 10 heteroatoms. The molecule has 0 aliphatic carbocycles. The van der Waals surface area contributed by atoms with Crippen LogP contribution in [0.1, 0.15) is 64.9 Å². The third kappa shape index (κ3) is 14.3. The number of aliphatic hydroxyl groups excluding tert-OH is 2. The lowest BCUT2D eigenvalue weighted by Crippen LogP contribution is -2.58. The van der Waals surface area contributed by atoms with E-state index in [-0.39, 0.29) is 31.2 Å². The van der Waals surface area contributed by atoms with Crippen molar-refractivity contribution in [2.75, 3.05) is 6.54 Å². The largest absolute Gasteiger partial charge is 0.393 e. The summed E-state index contributed by atoms with van der Waals surface area (Å²) in [6.07, 6.45) is 12.6. The van der Waals surface area contributed by atoms with Crippen molar-refractivity contribution < 1.29 is 29.4 Å². The Bertz CT molecular complexity index is 1120. The first-order valence-corrected chi connectivity index (χ1v) is 15.2. The van der Waals surface area contributed by atoms with Crippen molar-refractivity contribution in [2.45, 2.75) is 96.1 Å². The molecular formula is C33H48N4O6. The number of carbonyl (C=O) groups is 4. The number of aryl methyl sites for hydroxylation is 1. The van der Waals surface area contributed by atoms with Crippen molar-refractivity contribution in [1.82, 2.24) is 21.3 Å². The molecule has 0 fully saturated rings. The van der Waals surface area contributed by atoms with Gasteiger partial charge in [-0.1, -0.05) is 74.9 Å². The summed E-state index contributed by atoms with van der Waals surface area (Å²) in [5.41, 5.74) is 1.34. The Kier molecular flexibility index (Phi) is 16.0. The highest BCUT2D eigenvalue weighted by molar-refractivity contribution is 5.95. The van der Waals surface area contributed by atoms with E-state index in [2.05, 4.69) is 33.4 Å². The van der Waals surface area contributed by atoms with Crippen LogP contribution in [0.15, 0.2) is 66.8 Å². The number of amides is 4. The Hall–Kier alpha value is -3.76. The van der Waals surface area contributed by atoms with Gasteiger partial charge >= 0.3 is 0 Å². The molecule has 1 heterocycles. The van der Waals surface area contributed by atoms with Crippen LogP contribution in [0.5, 0.6) is 0 Å². The fourth-order valence-corrected chi connectivity index (χ4v) is 4.53. The van der Waals surface area contributed by atoms with E-state index in [9.17, 15) is 29.4 Å². The van der Waals surface area contributed by atoms with Crippen molar-refractivity contribution >= 4 is 23.6 Å². The van der Waals surface area contributed by atoms with Gasteiger partial charge in [-0.2, -0.15) is 0 Å². The Balaban J connectivity index is 1.90. The van der Waals surface area contributed by atoms with E-state index in [0.29, 0.717) is 0 Å². The summed E-state index contributed by atoms with van der Waals surface area (Å²) in [4.78, 5) is 50.7. The topological polar surface area (TPSA) is 157 Å². The maximum atomic E-state index is 13.1. The molecule has 1 aliphatic rings. The lowest BCUT2D eigenvalue weighted by atomic mass is 10.0. The predicted molar refractivity (Wildman–Crippen MR) is 167 cm³/mol. The number of aliphatic hydroxyl groups is 2. The Morgan fingerprint density at radius 3 is 2.51 bits per heavy atom. The lowest BCUT2D eigenvalue weighted by molar-refractivity contribution is -0.134. The van der Waals surface area contributed by atoms with Gasteiger partial charge in [0, 0.05) is 31.2 Å². The maximum absolute atomic E-state index is 13.1. The quantitative estimate of drug-likeness (QED) is 0.117. The van der Waals surface area contributed by atoms with Gasteiger partial charge in [-0.15, -0.1) is 0 Å². The van der Waals surface area contributed by atoms with Gasteiger partial charge < -0.3 is 31.5 Å². The molecule has 10 nitrogen and oxygen atoms in total. The van der Waals surface area contributed by atoms with Crippen LogP contribution in [-0.2, 0) is 25.6 Å². The maximum Gasteiger partial charge on any atom is 0.245 e. The van der Waals surface area contributed by atoms with Crippen LogP contribution in [0.3, 0.4) is 0 Å². The highest BCUT2D eigenvalue weighted by atomic mass is 16.3. The molecule has 4 amide bonds. The van der Waals surface area contributed by atoms with Crippen LogP contribution in [0.25, 0.3) is 0 Å². The number of benzene rings is 1. The van der Waals surface area contributed by atoms with Crippen LogP contribution in [0.4, 0.5) is 0 Å². The molecule has 0 spiro atoms. The second-order valence-corrected chi connectivity index (χ2v) is 11.3. The fourth-order valence-electron chi connectivity index (χ4n) is 4.53. The molecule has 1 aliphatic heterocycles. The third-order valence-corrected chi connectivity index (χ3v) is 7.14. The smallest absolute Gasteiger partial charge is 0.245 e. The minimum Gasteiger partial charge on any atom is -0.393 e. The first kappa shape index (κ1) is 35.4. The van der Waals surface area contributed by atoms with E-state index in [1.807, 2.05) is 38.1 Å². The van der Waals surface area contributed by atoms with E-state index in [1.165, 1.54) is 24.6 Å². The molecule has 43 heavy (non-hydrogen) atoms. The standard InChI is InChI=1S/C33H48N4O6/c1-23(2)27-18-19-29(40)34-21-20-26(39)22-28(32(42)35-27)36-33(43)31(24(3)38)37-30(41)17-13-8-6-4-5-7-10-14-25-15-11-9-12-16-25/h6,8-9,11-13,15-19,23-24,26-28,31,38-39H,4-5,7,10,14,20-22H2,1-3H3,(H,34,40)(H,35,42)(H,36,43)(H,37,41)/b8-6+,17-13+,19-18+/t24-,26+,27-,28+,31+/m1/s1. The molecule has 0 bridgehead atoms. The van der Waals surface area contributed by atoms with Crippen LogP contribution in [-0.4, -0.2) is 70.7 Å². The zero-order valence-corrected chi connectivity index (χ0v) is 25.5. The van der Waals surface area contributed by atoms with E-state index in [0.717, 1.165) is 32.1 Å². The molecular weight excluding hydrogens is 548 g/mol. The molecule has 0 aromatic heterocycles. The normalized spacial score (nSPS) is 22.2. The molecule has 5 atom stereocenters. The van der Waals surface area contributed by atoms with Crippen LogP contribution in [0.2, 0.25) is 0 Å². The summed E-state index contributed by atoms with van der Waals surface area (Å²) in [7, 11) is 0. The van der Waals surface area contributed by atoms with Gasteiger partial charge in [-0.25, -0.2) is 0 Å². The van der Waals surface area contributed by atoms with Gasteiger partial charge in [0.25, 0.3) is 0 Å². The minimum absolute atomic E-state index is 0.0535. The second kappa shape index (κ2) is 19.4. The summed E-state index contributed by atoms with van der Waals surface area (Å²) in [5.74, 6) is -2.25. The first-order chi connectivity index (χ1) is 20.6. The second-order valence-electron chi connectivity index (χ2n) is 11.3. The number of carbonyl (C=O) groups excluding carboxylic acids is 4.